The third kappa shape index (κ3) is 8.28. The summed E-state index contributed by atoms with van der Waals surface area (Å²) >= 11 is 0. The number of hydrogen-bond acceptors (Lipinski definition) is 8. The highest BCUT2D eigenvalue weighted by atomic mass is 16.7. The maximum Gasteiger partial charge on any atom is 0.303 e. The molecule has 7 atom stereocenters. The highest BCUT2D eigenvalue weighted by molar-refractivity contribution is 5.95. The number of carbonyl (C=O) groups excluding carboxylic acids is 2. The fraction of sp³-hybridized carbons (Fsp3) is 0.412. The van der Waals surface area contributed by atoms with E-state index in [4.69, 9.17) is 14.2 Å². The van der Waals surface area contributed by atoms with Gasteiger partial charge < -0.3 is 29.7 Å². The van der Waals surface area contributed by atoms with Gasteiger partial charge in [0.1, 0.15) is 0 Å². The Morgan fingerprint density at radius 1 is 0.977 bits per heavy atom. The van der Waals surface area contributed by atoms with Gasteiger partial charge in [-0.25, -0.2) is 0 Å². The minimum Gasteiger partial charge on any atom is -0.453 e. The molecule has 0 aliphatic carbocycles. The Kier molecular flexibility index (Phi) is 11.1. The molecule has 9 heteroatoms. The Labute approximate surface area is 253 Å². The number of esters is 1. The van der Waals surface area contributed by atoms with Gasteiger partial charge in [0.2, 0.25) is 0 Å². The number of benzene rings is 3. The molecule has 1 aliphatic heterocycles. The average Bonchev–Trinajstić information content (AvgIpc) is 3.01. The molecule has 1 heterocycles. The molecule has 9 nitrogen and oxygen atoms in total. The van der Waals surface area contributed by atoms with E-state index >= 15 is 0 Å². The van der Waals surface area contributed by atoms with Crippen LogP contribution in [0.5, 0.6) is 0 Å². The molecular weight excluding hydrogens is 548 g/mol. The minimum absolute atomic E-state index is 0.0449. The Balaban J connectivity index is 1.57. The highest BCUT2D eigenvalue weighted by Gasteiger charge is 2.39. The van der Waals surface area contributed by atoms with Crippen LogP contribution in [-0.2, 0) is 30.4 Å². The third-order valence-corrected chi connectivity index (χ3v) is 8.02. The standard InChI is InChI=1S/C34H42N2O7/c1-21-30(19-36(5)22(2)31(39)26-10-7-6-8-11-26)42-34(43-32(21)27-16-14-25(20-37)15-17-27)28-12-9-13-29(18-28)35-33(40)23(3)41-24(4)38/h6-18,21-23,30-32,34,37,39H,19-20H2,1-5H3,(H,35,40). The summed E-state index contributed by atoms with van der Waals surface area (Å²) in [7, 11) is 1.98. The van der Waals surface area contributed by atoms with Crippen LogP contribution in [0.1, 0.15) is 68.4 Å². The Hall–Kier alpha value is -3.60. The summed E-state index contributed by atoms with van der Waals surface area (Å²) in [6.45, 7) is 7.34. The summed E-state index contributed by atoms with van der Waals surface area (Å²) in [6, 6.07) is 24.3. The molecule has 7 unspecified atom stereocenters. The number of ether oxygens (including phenoxy) is 3. The maximum absolute atomic E-state index is 12.6. The van der Waals surface area contributed by atoms with Gasteiger partial charge in [-0.1, -0.05) is 73.7 Å². The van der Waals surface area contributed by atoms with Gasteiger partial charge in [0.05, 0.1) is 24.9 Å². The first kappa shape index (κ1) is 32.3. The fourth-order valence-electron chi connectivity index (χ4n) is 5.26. The number of nitrogens with one attached hydrogen (secondary N) is 1. The van der Waals surface area contributed by atoms with Gasteiger partial charge in [-0.05, 0) is 49.7 Å². The van der Waals surface area contributed by atoms with Crippen LogP contribution in [0.4, 0.5) is 5.69 Å². The zero-order valence-electron chi connectivity index (χ0n) is 25.3. The van der Waals surface area contributed by atoms with Gasteiger partial charge in [-0.3, -0.25) is 14.5 Å². The van der Waals surface area contributed by atoms with E-state index in [2.05, 4.69) is 17.1 Å². The second-order valence-electron chi connectivity index (χ2n) is 11.2. The lowest BCUT2D eigenvalue weighted by atomic mass is 9.89. The van der Waals surface area contributed by atoms with E-state index in [0.29, 0.717) is 17.8 Å². The van der Waals surface area contributed by atoms with Crippen LogP contribution in [0.3, 0.4) is 0 Å². The summed E-state index contributed by atoms with van der Waals surface area (Å²) < 4.78 is 18.1. The van der Waals surface area contributed by atoms with Crippen molar-refractivity contribution in [2.45, 2.75) is 71.0 Å². The topological polar surface area (TPSA) is 118 Å². The Bertz CT molecular complexity index is 1350. The van der Waals surface area contributed by atoms with Gasteiger partial charge in [0.25, 0.3) is 5.91 Å². The van der Waals surface area contributed by atoms with Crippen LogP contribution in [0.15, 0.2) is 78.9 Å². The molecule has 1 amide bonds. The first-order valence-electron chi connectivity index (χ1n) is 14.6. The summed E-state index contributed by atoms with van der Waals surface area (Å²) in [4.78, 5) is 25.9. The van der Waals surface area contributed by atoms with E-state index in [1.165, 1.54) is 13.8 Å². The lowest BCUT2D eigenvalue weighted by molar-refractivity contribution is -0.276. The third-order valence-electron chi connectivity index (χ3n) is 8.02. The lowest BCUT2D eigenvalue weighted by Crippen LogP contribution is -2.46. The predicted molar refractivity (Wildman–Crippen MR) is 163 cm³/mol. The summed E-state index contributed by atoms with van der Waals surface area (Å²) in [5.41, 5.74) is 3.86. The van der Waals surface area contributed by atoms with Crippen LogP contribution in [0, 0.1) is 5.92 Å². The molecule has 43 heavy (non-hydrogen) atoms. The van der Waals surface area contributed by atoms with Crippen molar-refractivity contribution >= 4 is 17.6 Å². The number of carbonyl (C=O) groups is 2. The van der Waals surface area contributed by atoms with Gasteiger partial charge in [0.15, 0.2) is 12.4 Å². The molecular formula is C34H42N2O7. The molecule has 3 N–H and O–H groups in total. The van der Waals surface area contributed by atoms with Crippen molar-refractivity contribution in [1.82, 2.24) is 4.90 Å². The van der Waals surface area contributed by atoms with Crippen molar-refractivity contribution in [2.24, 2.45) is 5.92 Å². The zero-order valence-corrected chi connectivity index (χ0v) is 25.3. The van der Waals surface area contributed by atoms with Gasteiger partial charge in [-0.15, -0.1) is 0 Å². The normalized spacial score (nSPS) is 22.4. The number of aliphatic hydroxyl groups is 2. The van der Waals surface area contributed by atoms with Crippen molar-refractivity contribution in [3.8, 4) is 0 Å². The van der Waals surface area contributed by atoms with Gasteiger partial charge in [0, 0.05) is 36.7 Å². The highest BCUT2D eigenvalue weighted by Crippen LogP contribution is 2.42. The van der Waals surface area contributed by atoms with Crippen LogP contribution >= 0.6 is 0 Å². The molecule has 0 radical (unpaired) electrons. The van der Waals surface area contributed by atoms with E-state index in [1.54, 1.807) is 18.2 Å². The number of hydrogen-bond donors (Lipinski definition) is 3. The first-order valence-corrected chi connectivity index (χ1v) is 14.6. The number of likely N-dealkylation sites (N-methyl/N-ethyl adjacent to an activating group) is 1. The first-order chi connectivity index (χ1) is 20.6. The molecule has 3 aromatic rings. The SMILES string of the molecule is CC(=O)OC(C)C(=O)Nc1cccc(C2OC(CN(C)C(C)C(O)c3ccccc3)C(C)C(c3ccc(CO)cc3)O2)c1. The van der Waals surface area contributed by atoms with E-state index in [1.807, 2.05) is 74.6 Å². The van der Waals surface area contributed by atoms with Gasteiger partial charge >= 0.3 is 5.97 Å². The van der Waals surface area contributed by atoms with E-state index < -0.39 is 30.4 Å². The lowest BCUT2D eigenvalue weighted by Gasteiger charge is -2.43. The Morgan fingerprint density at radius 2 is 1.67 bits per heavy atom. The number of anilines is 1. The predicted octanol–water partition coefficient (Wildman–Crippen LogP) is 4.91. The van der Waals surface area contributed by atoms with E-state index in [-0.39, 0.29) is 30.8 Å². The second kappa shape index (κ2) is 14.7. The molecule has 1 aliphatic rings. The molecule has 0 bridgehead atoms. The van der Waals surface area contributed by atoms with Crippen LogP contribution in [-0.4, -0.2) is 58.8 Å². The van der Waals surface area contributed by atoms with Crippen molar-refractivity contribution in [3.05, 3.63) is 101 Å². The number of amides is 1. The smallest absolute Gasteiger partial charge is 0.303 e. The van der Waals surface area contributed by atoms with Crippen molar-refractivity contribution in [1.29, 1.82) is 0 Å². The quantitative estimate of drug-likeness (QED) is 0.270. The van der Waals surface area contributed by atoms with E-state index in [0.717, 1.165) is 16.7 Å². The summed E-state index contributed by atoms with van der Waals surface area (Å²) in [5.74, 6) is -1.03. The number of aliphatic hydroxyl groups excluding tert-OH is 2. The monoisotopic (exact) mass is 590 g/mol. The largest absolute Gasteiger partial charge is 0.453 e. The molecule has 3 aromatic carbocycles. The number of rotatable bonds is 11. The minimum atomic E-state index is -0.941. The average molecular weight is 591 g/mol. The van der Waals surface area contributed by atoms with Gasteiger partial charge in [-0.2, -0.15) is 0 Å². The summed E-state index contributed by atoms with van der Waals surface area (Å²) in [6.07, 6.45) is -2.94. The second-order valence-corrected chi connectivity index (χ2v) is 11.2. The maximum atomic E-state index is 12.6. The number of nitrogens with zero attached hydrogens (tertiary/aromatic N) is 1. The molecule has 4 rings (SSSR count). The van der Waals surface area contributed by atoms with Crippen LogP contribution in [0.2, 0.25) is 0 Å². The van der Waals surface area contributed by atoms with Crippen molar-refractivity contribution in [3.63, 3.8) is 0 Å². The Morgan fingerprint density at radius 3 is 2.33 bits per heavy atom. The molecule has 0 spiro atoms. The molecule has 0 aromatic heterocycles. The fourth-order valence-corrected chi connectivity index (χ4v) is 5.26. The van der Waals surface area contributed by atoms with Crippen molar-refractivity contribution < 1.29 is 34.0 Å². The molecule has 230 valence electrons. The van der Waals surface area contributed by atoms with Crippen LogP contribution in [0.25, 0.3) is 0 Å². The molecule has 1 saturated heterocycles. The summed E-state index contributed by atoms with van der Waals surface area (Å²) in [5, 5.41) is 23.4. The zero-order chi connectivity index (χ0) is 31.1. The molecule has 0 saturated carbocycles. The van der Waals surface area contributed by atoms with Crippen molar-refractivity contribution in [2.75, 3.05) is 18.9 Å². The van der Waals surface area contributed by atoms with Crippen LogP contribution < -0.4 is 5.32 Å². The molecule has 1 fully saturated rings. The van der Waals surface area contributed by atoms with E-state index in [9.17, 15) is 19.8 Å².